The van der Waals surface area contributed by atoms with Gasteiger partial charge in [-0.05, 0) is 25.8 Å². The van der Waals surface area contributed by atoms with Crippen molar-refractivity contribution in [3.63, 3.8) is 0 Å². The van der Waals surface area contributed by atoms with Crippen LogP contribution in [-0.4, -0.2) is 46.7 Å². The van der Waals surface area contributed by atoms with Gasteiger partial charge in [0, 0.05) is 38.4 Å². The molecule has 0 bridgehead atoms. The molecule has 0 unspecified atom stereocenters. The van der Waals surface area contributed by atoms with E-state index in [1.807, 2.05) is 4.90 Å². The molecule has 1 aromatic carbocycles. The molecule has 1 aliphatic carbocycles. The number of halogens is 2. The van der Waals surface area contributed by atoms with Crippen molar-refractivity contribution < 1.29 is 23.1 Å². The Bertz CT molecular complexity index is 1380. The van der Waals surface area contributed by atoms with Gasteiger partial charge in [-0.2, -0.15) is 0 Å². The number of nitrogens with zero attached hydrogens (tertiary/aromatic N) is 3. The lowest BCUT2D eigenvalue weighted by molar-refractivity contribution is 0.0694. The average molecular weight is 478 g/mol. The van der Waals surface area contributed by atoms with Gasteiger partial charge in [0.15, 0.2) is 11.6 Å². The molecular weight excluding hydrogens is 457 g/mol. The summed E-state index contributed by atoms with van der Waals surface area (Å²) in [6.07, 6.45) is 2.82. The summed E-state index contributed by atoms with van der Waals surface area (Å²) in [7, 11) is 0. The molecule has 0 spiro atoms. The first-order valence-electron chi connectivity index (χ1n) is 10.6. The van der Waals surface area contributed by atoms with E-state index >= 15 is 4.39 Å². The first-order chi connectivity index (χ1) is 15.7. The number of rotatable bonds is 5. The number of aryl methyl sites for hydroxylation is 1. The molecule has 1 aliphatic heterocycles. The van der Waals surface area contributed by atoms with E-state index in [-0.39, 0.29) is 27.7 Å². The lowest BCUT2D eigenvalue weighted by Crippen LogP contribution is -2.46. The molecule has 2 fully saturated rings. The van der Waals surface area contributed by atoms with Crippen LogP contribution in [-0.2, 0) is 6.54 Å². The fraction of sp³-hybridized carbons (Fsp3) is 0.409. The van der Waals surface area contributed by atoms with Crippen molar-refractivity contribution in [2.45, 2.75) is 32.4 Å². The topological polar surface area (TPSA) is 109 Å². The van der Waals surface area contributed by atoms with Gasteiger partial charge in [-0.3, -0.25) is 9.69 Å². The SMILES string of the molecule is Cc1oc(=O)oc1CN1CCN(c2c(Cl)cc3c(=O)c(C(=O)O)cn(C4CC4)c3c2F)CC1. The molecule has 174 valence electrons. The maximum absolute atomic E-state index is 15.9. The normalized spacial score (nSPS) is 17.1. The summed E-state index contributed by atoms with van der Waals surface area (Å²) in [6.45, 7) is 4.12. The van der Waals surface area contributed by atoms with E-state index in [0.29, 0.717) is 44.2 Å². The van der Waals surface area contributed by atoms with E-state index in [2.05, 4.69) is 4.90 Å². The number of anilines is 1. The Kier molecular flexibility index (Phi) is 5.29. The van der Waals surface area contributed by atoms with E-state index in [4.69, 9.17) is 20.4 Å². The number of benzene rings is 1. The number of hydrogen-bond donors (Lipinski definition) is 1. The van der Waals surface area contributed by atoms with Crippen LogP contribution in [0.5, 0.6) is 0 Å². The largest absolute Gasteiger partial charge is 0.519 e. The van der Waals surface area contributed by atoms with Crippen molar-refractivity contribution in [2.24, 2.45) is 0 Å². The maximum atomic E-state index is 15.9. The first kappa shape index (κ1) is 21.7. The Labute approximate surface area is 191 Å². The van der Waals surface area contributed by atoms with Crippen molar-refractivity contribution in [1.82, 2.24) is 9.47 Å². The summed E-state index contributed by atoms with van der Waals surface area (Å²) in [5, 5.41) is 9.45. The molecule has 2 aromatic heterocycles. The van der Waals surface area contributed by atoms with E-state index in [0.717, 1.165) is 12.8 Å². The number of fused-ring (bicyclic) bond motifs is 1. The number of pyridine rings is 1. The third-order valence-electron chi connectivity index (χ3n) is 6.25. The standard InChI is InChI=1S/C22H21ClFN3O6/c1-11-16(33-22(31)32-11)10-25-4-6-26(7-5-25)19-15(23)8-13-18(17(19)24)27(12-2-3-12)9-14(20(13)28)21(29)30/h8-9,12H,2-7,10H2,1H3,(H,29,30). The highest BCUT2D eigenvalue weighted by atomic mass is 35.5. The van der Waals surface area contributed by atoms with Gasteiger partial charge >= 0.3 is 11.8 Å². The van der Waals surface area contributed by atoms with Gasteiger partial charge < -0.3 is 23.4 Å². The number of carbonyl (C=O) groups is 1. The van der Waals surface area contributed by atoms with Crippen LogP contribution in [0.4, 0.5) is 10.1 Å². The summed E-state index contributed by atoms with van der Waals surface area (Å²) in [6, 6.07) is 1.33. The third-order valence-corrected chi connectivity index (χ3v) is 6.53. The lowest BCUT2D eigenvalue weighted by atomic mass is 10.1. The van der Waals surface area contributed by atoms with E-state index in [1.54, 1.807) is 11.5 Å². The monoisotopic (exact) mass is 477 g/mol. The first-order valence-corrected chi connectivity index (χ1v) is 11.0. The van der Waals surface area contributed by atoms with Crippen molar-refractivity contribution in [3.05, 3.63) is 61.0 Å². The van der Waals surface area contributed by atoms with Crippen LogP contribution in [0, 0.1) is 12.7 Å². The van der Waals surface area contributed by atoms with Crippen LogP contribution >= 0.6 is 11.6 Å². The average Bonchev–Trinajstić information content (AvgIpc) is 3.55. The number of carboxylic acids is 1. The highest BCUT2D eigenvalue weighted by Gasteiger charge is 2.31. The number of carboxylic acid groups (broad SMARTS) is 1. The summed E-state index contributed by atoms with van der Waals surface area (Å²) in [5.41, 5.74) is -0.854. The molecule has 0 amide bonds. The maximum Gasteiger partial charge on any atom is 0.519 e. The minimum absolute atomic E-state index is 0.0304. The summed E-state index contributed by atoms with van der Waals surface area (Å²) >= 11 is 6.43. The van der Waals surface area contributed by atoms with Gasteiger partial charge in [-0.25, -0.2) is 14.0 Å². The Morgan fingerprint density at radius 3 is 2.48 bits per heavy atom. The second-order valence-corrected chi connectivity index (χ2v) is 8.84. The predicted molar refractivity (Wildman–Crippen MR) is 118 cm³/mol. The van der Waals surface area contributed by atoms with E-state index < -0.39 is 28.6 Å². The number of aromatic nitrogens is 1. The molecule has 0 radical (unpaired) electrons. The molecule has 9 nitrogen and oxygen atoms in total. The Balaban J connectivity index is 1.48. The van der Waals surface area contributed by atoms with Crippen LogP contribution in [0.1, 0.15) is 40.8 Å². The Morgan fingerprint density at radius 1 is 1.21 bits per heavy atom. The Hall–Kier alpha value is -3.11. The number of hydrogen-bond acceptors (Lipinski definition) is 7. The van der Waals surface area contributed by atoms with Crippen LogP contribution in [0.2, 0.25) is 5.02 Å². The van der Waals surface area contributed by atoms with Crippen LogP contribution in [0.3, 0.4) is 0 Å². The highest BCUT2D eigenvalue weighted by molar-refractivity contribution is 6.34. The van der Waals surface area contributed by atoms with E-state index in [9.17, 15) is 19.5 Å². The Morgan fingerprint density at radius 2 is 1.91 bits per heavy atom. The molecule has 3 aromatic rings. The van der Waals surface area contributed by atoms with Gasteiger partial charge in [0.05, 0.1) is 28.2 Å². The smallest absolute Gasteiger partial charge is 0.477 e. The zero-order valence-corrected chi connectivity index (χ0v) is 18.5. The molecule has 5 rings (SSSR count). The number of aromatic carboxylic acids is 1. The van der Waals surface area contributed by atoms with Gasteiger partial charge in [-0.1, -0.05) is 11.6 Å². The molecule has 11 heteroatoms. The van der Waals surface area contributed by atoms with E-state index in [1.165, 1.54) is 12.3 Å². The fourth-order valence-electron chi connectivity index (χ4n) is 4.37. The van der Waals surface area contributed by atoms with Crippen molar-refractivity contribution in [2.75, 3.05) is 31.1 Å². The molecule has 33 heavy (non-hydrogen) atoms. The van der Waals surface area contributed by atoms with Gasteiger partial charge in [-0.15, -0.1) is 0 Å². The van der Waals surface area contributed by atoms with Crippen LogP contribution in [0.25, 0.3) is 10.9 Å². The highest BCUT2D eigenvalue weighted by Crippen LogP contribution is 2.41. The van der Waals surface area contributed by atoms with Crippen LogP contribution in [0.15, 0.2) is 30.7 Å². The zero-order valence-electron chi connectivity index (χ0n) is 17.8. The number of piperazine rings is 1. The second kappa shape index (κ2) is 8.03. The molecule has 1 N–H and O–H groups in total. The summed E-state index contributed by atoms with van der Waals surface area (Å²) in [4.78, 5) is 39.4. The molecular formula is C22H21ClFN3O6. The molecule has 1 saturated carbocycles. The van der Waals surface area contributed by atoms with Crippen LogP contribution < -0.4 is 16.2 Å². The van der Waals surface area contributed by atoms with Crippen molar-refractivity contribution >= 4 is 34.2 Å². The quantitative estimate of drug-likeness (QED) is 0.597. The van der Waals surface area contributed by atoms with Gasteiger partial charge in [0.1, 0.15) is 11.3 Å². The van der Waals surface area contributed by atoms with Gasteiger partial charge in [0.25, 0.3) is 0 Å². The van der Waals surface area contributed by atoms with Gasteiger partial charge in [0.2, 0.25) is 5.43 Å². The minimum Gasteiger partial charge on any atom is -0.477 e. The molecule has 3 heterocycles. The lowest BCUT2D eigenvalue weighted by Gasteiger charge is -2.36. The second-order valence-electron chi connectivity index (χ2n) is 8.43. The molecule has 0 atom stereocenters. The minimum atomic E-state index is -1.35. The molecule has 1 saturated heterocycles. The fourth-order valence-corrected chi connectivity index (χ4v) is 4.68. The zero-order chi connectivity index (χ0) is 23.4. The summed E-state index contributed by atoms with van der Waals surface area (Å²) < 4.78 is 27.4. The van der Waals surface area contributed by atoms with Crippen molar-refractivity contribution in [1.29, 1.82) is 0 Å². The molecule has 2 aliphatic rings. The third kappa shape index (κ3) is 3.83. The predicted octanol–water partition coefficient (Wildman–Crippen LogP) is 3.00. The summed E-state index contributed by atoms with van der Waals surface area (Å²) in [5.74, 6) is -1.81. The van der Waals surface area contributed by atoms with Crippen molar-refractivity contribution in [3.8, 4) is 0 Å².